The fourth-order valence-corrected chi connectivity index (χ4v) is 1.71. The van der Waals surface area contributed by atoms with Crippen molar-refractivity contribution in [3.8, 4) is 0 Å². The van der Waals surface area contributed by atoms with Gasteiger partial charge in [-0.05, 0) is 6.07 Å². The van der Waals surface area contributed by atoms with Gasteiger partial charge in [0.25, 0.3) is 5.91 Å². The molecule has 1 amide bonds. The number of hydrogen-bond acceptors (Lipinski definition) is 2. The molecule has 0 aliphatic heterocycles. The SMILES string of the molecule is Cn1cc(N)cc1C(=O)Nc1c(F)c(F)c(F)c(F)c1F. The van der Waals surface area contributed by atoms with Crippen molar-refractivity contribution >= 4 is 17.3 Å². The number of nitrogens with two attached hydrogens (primary N) is 1. The van der Waals surface area contributed by atoms with Gasteiger partial charge in [0.2, 0.25) is 5.82 Å². The van der Waals surface area contributed by atoms with Gasteiger partial charge in [-0.3, -0.25) is 4.79 Å². The van der Waals surface area contributed by atoms with Crippen molar-refractivity contribution in [2.45, 2.75) is 0 Å². The molecule has 0 atom stereocenters. The second kappa shape index (κ2) is 5.08. The summed E-state index contributed by atoms with van der Waals surface area (Å²) in [5.41, 5.74) is 4.08. The van der Waals surface area contributed by atoms with Gasteiger partial charge in [-0.2, -0.15) is 0 Å². The molecular formula is C12H8F5N3O. The van der Waals surface area contributed by atoms with Gasteiger partial charge in [-0.15, -0.1) is 0 Å². The quantitative estimate of drug-likeness (QED) is 0.509. The third kappa shape index (κ3) is 2.41. The lowest BCUT2D eigenvalue weighted by atomic mass is 10.2. The summed E-state index contributed by atoms with van der Waals surface area (Å²) in [6, 6.07) is 1.18. The van der Waals surface area contributed by atoms with E-state index in [0.717, 1.165) is 0 Å². The highest BCUT2D eigenvalue weighted by Gasteiger charge is 2.27. The number of nitrogens with one attached hydrogen (secondary N) is 1. The van der Waals surface area contributed by atoms with E-state index in [1.165, 1.54) is 23.9 Å². The Balaban J connectivity index is 2.45. The van der Waals surface area contributed by atoms with Gasteiger partial charge in [0.1, 0.15) is 11.4 Å². The van der Waals surface area contributed by atoms with Crippen LogP contribution in [0.4, 0.5) is 33.3 Å². The summed E-state index contributed by atoms with van der Waals surface area (Å²) in [7, 11) is 1.42. The standard InChI is InChI=1S/C12H8F5N3O/c1-20-3-4(18)2-5(20)12(21)19-11-9(16)7(14)6(13)8(15)10(11)17/h2-3H,18H2,1H3,(H,19,21). The summed E-state index contributed by atoms with van der Waals surface area (Å²) in [5, 5.41) is 1.65. The largest absolute Gasteiger partial charge is 0.397 e. The highest BCUT2D eigenvalue weighted by atomic mass is 19.2. The molecule has 0 unspecified atom stereocenters. The van der Waals surface area contributed by atoms with E-state index in [2.05, 4.69) is 0 Å². The number of halogens is 5. The summed E-state index contributed by atoms with van der Waals surface area (Å²) >= 11 is 0. The first-order valence-electron chi connectivity index (χ1n) is 5.48. The number of amides is 1. The number of aromatic nitrogens is 1. The maximum atomic E-state index is 13.4. The molecule has 0 saturated heterocycles. The van der Waals surface area contributed by atoms with Gasteiger partial charge in [-0.25, -0.2) is 22.0 Å². The Morgan fingerprint density at radius 3 is 1.95 bits per heavy atom. The first-order chi connectivity index (χ1) is 9.73. The Morgan fingerprint density at radius 2 is 1.52 bits per heavy atom. The van der Waals surface area contributed by atoms with Crippen molar-refractivity contribution in [2.24, 2.45) is 7.05 Å². The van der Waals surface area contributed by atoms with Crippen LogP contribution in [0.25, 0.3) is 0 Å². The third-order valence-electron chi connectivity index (χ3n) is 2.71. The third-order valence-corrected chi connectivity index (χ3v) is 2.71. The molecule has 2 aromatic rings. The molecule has 3 N–H and O–H groups in total. The molecule has 4 nitrogen and oxygen atoms in total. The minimum absolute atomic E-state index is 0.114. The fraction of sp³-hybridized carbons (Fsp3) is 0.0833. The Kier molecular flexibility index (Phi) is 3.58. The van der Waals surface area contributed by atoms with Crippen molar-refractivity contribution in [1.82, 2.24) is 4.57 Å². The molecule has 0 spiro atoms. The second-order valence-corrected chi connectivity index (χ2v) is 4.17. The molecule has 0 aliphatic rings. The van der Waals surface area contributed by atoms with Crippen LogP contribution < -0.4 is 11.1 Å². The van der Waals surface area contributed by atoms with Gasteiger partial charge in [0, 0.05) is 13.2 Å². The topological polar surface area (TPSA) is 60.0 Å². The molecule has 0 aliphatic carbocycles. The number of anilines is 2. The van der Waals surface area contributed by atoms with Crippen LogP contribution in [0.5, 0.6) is 0 Å². The van der Waals surface area contributed by atoms with Crippen LogP contribution in [0.1, 0.15) is 10.5 Å². The number of hydrogen-bond donors (Lipinski definition) is 2. The number of aryl methyl sites for hydroxylation is 1. The lowest BCUT2D eigenvalue weighted by Crippen LogP contribution is -2.19. The number of benzene rings is 1. The van der Waals surface area contributed by atoms with E-state index in [1.54, 1.807) is 5.32 Å². The number of nitrogen functional groups attached to an aromatic ring is 1. The summed E-state index contributed by atoms with van der Waals surface area (Å²) < 4.78 is 66.9. The van der Waals surface area contributed by atoms with Crippen LogP contribution in [0.3, 0.4) is 0 Å². The van der Waals surface area contributed by atoms with Gasteiger partial charge in [0.05, 0.1) is 5.69 Å². The van der Waals surface area contributed by atoms with Crippen molar-refractivity contribution in [1.29, 1.82) is 0 Å². The zero-order chi connectivity index (χ0) is 15.9. The van der Waals surface area contributed by atoms with Crippen molar-refractivity contribution in [3.05, 3.63) is 47.0 Å². The Morgan fingerprint density at radius 1 is 1.05 bits per heavy atom. The zero-order valence-corrected chi connectivity index (χ0v) is 10.5. The smallest absolute Gasteiger partial charge is 0.272 e. The van der Waals surface area contributed by atoms with E-state index >= 15 is 0 Å². The highest BCUT2D eigenvalue weighted by Crippen LogP contribution is 2.27. The van der Waals surface area contributed by atoms with E-state index in [9.17, 15) is 26.7 Å². The van der Waals surface area contributed by atoms with E-state index in [0.29, 0.717) is 0 Å². The summed E-state index contributed by atoms with van der Waals surface area (Å²) in [5.74, 6) is -11.9. The fourth-order valence-electron chi connectivity index (χ4n) is 1.71. The van der Waals surface area contributed by atoms with Gasteiger partial charge < -0.3 is 15.6 Å². The molecular weight excluding hydrogens is 297 g/mol. The summed E-state index contributed by atoms with van der Waals surface area (Å²) in [6.07, 6.45) is 1.34. The second-order valence-electron chi connectivity index (χ2n) is 4.17. The molecule has 1 aromatic carbocycles. The van der Waals surface area contributed by atoms with Crippen LogP contribution in [-0.2, 0) is 7.05 Å². The van der Waals surface area contributed by atoms with Crippen molar-refractivity contribution in [3.63, 3.8) is 0 Å². The Hall–Kier alpha value is -2.58. The highest BCUT2D eigenvalue weighted by molar-refractivity contribution is 6.04. The van der Waals surface area contributed by atoms with E-state index in [4.69, 9.17) is 5.73 Å². The monoisotopic (exact) mass is 305 g/mol. The molecule has 1 aromatic heterocycles. The number of carbonyl (C=O) groups is 1. The van der Waals surface area contributed by atoms with Crippen molar-refractivity contribution < 1.29 is 26.7 Å². The summed E-state index contributed by atoms with van der Waals surface area (Å²) in [6.45, 7) is 0. The number of rotatable bonds is 2. The van der Waals surface area contributed by atoms with Crippen LogP contribution >= 0.6 is 0 Å². The molecule has 9 heteroatoms. The predicted octanol–water partition coefficient (Wildman–Crippen LogP) is 2.56. The first kappa shape index (κ1) is 14.8. The van der Waals surface area contributed by atoms with Crippen LogP contribution in [-0.4, -0.2) is 10.5 Å². The lowest BCUT2D eigenvalue weighted by Gasteiger charge is -2.10. The molecule has 0 fully saturated rings. The zero-order valence-electron chi connectivity index (χ0n) is 10.5. The van der Waals surface area contributed by atoms with Gasteiger partial charge in [-0.1, -0.05) is 0 Å². The van der Waals surface area contributed by atoms with E-state index < -0.39 is 40.7 Å². The minimum Gasteiger partial charge on any atom is -0.397 e. The average Bonchev–Trinajstić information content (AvgIpc) is 2.78. The van der Waals surface area contributed by atoms with Gasteiger partial charge >= 0.3 is 0 Å². The molecule has 112 valence electrons. The average molecular weight is 305 g/mol. The van der Waals surface area contributed by atoms with Crippen molar-refractivity contribution in [2.75, 3.05) is 11.1 Å². The van der Waals surface area contributed by atoms with Crippen LogP contribution in [0.2, 0.25) is 0 Å². The Bertz CT molecular complexity index is 712. The van der Waals surface area contributed by atoms with Crippen LogP contribution in [0.15, 0.2) is 12.3 Å². The predicted molar refractivity (Wildman–Crippen MR) is 64.0 cm³/mol. The molecule has 2 rings (SSSR count). The molecule has 0 bridgehead atoms. The maximum absolute atomic E-state index is 13.4. The molecule has 0 saturated carbocycles. The normalized spacial score (nSPS) is 10.8. The van der Waals surface area contributed by atoms with Gasteiger partial charge in [0.15, 0.2) is 23.3 Å². The summed E-state index contributed by atoms with van der Waals surface area (Å²) in [4.78, 5) is 11.8. The minimum atomic E-state index is -2.30. The van der Waals surface area contributed by atoms with Crippen LogP contribution in [0, 0.1) is 29.1 Å². The number of nitrogens with zero attached hydrogens (tertiary/aromatic N) is 1. The van der Waals surface area contributed by atoms with E-state index in [1.807, 2.05) is 0 Å². The van der Waals surface area contributed by atoms with E-state index in [-0.39, 0.29) is 11.4 Å². The number of carbonyl (C=O) groups excluding carboxylic acids is 1. The Labute approximate surface area is 115 Å². The molecule has 0 radical (unpaired) electrons. The maximum Gasteiger partial charge on any atom is 0.272 e. The molecule has 21 heavy (non-hydrogen) atoms. The lowest BCUT2D eigenvalue weighted by molar-refractivity contribution is 0.101. The molecule has 1 heterocycles. The first-order valence-corrected chi connectivity index (χ1v) is 5.48.